The molecule has 72 valence electrons. The molecule has 0 aliphatic rings. The van der Waals surface area contributed by atoms with Crippen molar-refractivity contribution in [3.63, 3.8) is 0 Å². The first-order valence-electron chi connectivity index (χ1n) is 3.87. The molecule has 0 aromatic carbocycles. The van der Waals surface area contributed by atoms with Gasteiger partial charge in [0.15, 0.2) is 5.82 Å². The molecule has 0 bridgehead atoms. The first-order valence-corrected chi connectivity index (χ1v) is 4.41. The van der Waals surface area contributed by atoms with Crippen molar-refractivity contribution in [1.29, 1.82) is 0 Å². The first kappa shape index (κ1) is 8.96. The summed E-state index contributed by atoms with van der Waals surface area (Å²) in [6, 6.07) is 3.05. The second-order valence-corrected chi connectivity index (χ2v) is 2.86. The largest absolute Gasteiger partial charge is 0.334 e. The zero-order valence-corrected chi connectivity index (χ0v) is 7.78. The van der Waals surface area contributed by atoms with Crippen LogP contribution in [0.3, 0.4) is 0 Å². The molecule has 0 atom stereocenters. The van der Waals surface area contributed by atoms with E-state index in [2.05, 4.69) is 15.1 Å². The smallest absolute Gasteiger partial charge is 0.258 e. The highest BCUT2D eigenvalue weighted by atomic mass is 35.5. The van der Waals surface area contributed by atoms with Crippen LogP contribution in [-0.4, -0.2) is 15.1 Å². The number of H-pyrrole nitrogens is 1. The van der Waals surface area contributed by atoms with Crippen molar-refractivity contribution in [2.75, 3.05) is 0 Å². The molecule has 2 aromatic rings. The molecule has 2 rings (SSSR count). The van der Waals surface area contributed by atoms with Crippen molar-refractivity contribution in [2.24, 2.45) is 0 Å². The highest BCUT2D eigenvalue weighted by Crippen LogP contribution is 2.14. The van der Waals surface area contributed by atoms with Crippen LogP contribution in [0.5, 0.6) is 0 Å². The average Bonchev–Trinajstić information content (AvgIpc) is 2.66. The number of halogens is 1. The summed E-state index contributed by atoms with van der Waals surface area (Å²) in [4.78, 5) is 17.4. The lowest BCUT2D eigenvalue weighted by Crippen LogP contribution is -2.02. The van der Waals surface area contributed by atoms with Crippen molar-refractivity contribution >= 4 is 11.6 Å². The molecule has 0 amide bonds. The predicted octanol–water partition coefficient (Wildman–Crippen LogP) is 1.16. The topological polar surface area (TPSA) is 71.8 Å². The number of nitrogens with one attached hydrogen (secondary N) is 1. The number of hydrogen-bond donors (Lipinski definition) is 1. The Bertz CT molecular complexity index is 491. The van der Waals surface area contributed by atoms with Gasteiger partial charge < -0.3 is 9.51 Å². The van der Waals surface area contributed by atoms with Gasteiger partial charge in [0, 0.05) is 17.8 Å². The number of rotatable bonds is 2. The number of aromatic nitrogens is 3. The third-order valence-corrected chi connectivity index (χ3v) is 1.85. The fraction of sp³-hybridized carbons (Fsp3) is 0.125. The standard InChI is InChI=1S/C8H6ClN3O2/c9-4-6-11-8(14-12-6)5-1-2-10-7(13)3-5/h1-3H,4H2,(H,10,13). The summed E-state index contributed by atoms with van der Waals surface area (Å²) in [5.74, 6) is 0.890. The van der Waals surface area contributed by atoms with Gasteiger partial charge in [-0.3, -0.25) is 4.79 Å². The predicted molar refractivity (Wildman–Crippen MR) is 49.9 cm³/mol. The normalized spacial score (nSPS) is 10.4. The Labute approximate surface area is 83.7 Å². The molecular formula is C8H6ClN3O2. The van der Waals surface area contributed by atoms with Gasteiger partial charge >= 0.3 is 0 Å². The molecule has 6 heteroatoms. The van der Waals surface area contributed by atoms with Gasteiger partial charge in [-0.2, -0.15) is 4.98 Å². The van der Waals surface area contributed by atoms with Crippen molar-refractivity contribution in [1.82, 2.24) is 15.1 Å². The quantitative estimate of drug-likeness (QED) is 0.757. The third kappa shape index (κ3) is 1.67. The van der Waals surface area contributed by atoms with Crippen LogP contribution in [0.2, 0.25) is 0 Å². The summed E-state index contributed by atoms with van der Waals surface area (Å²) in [7, 11) is 0. The lowest BCUT2D eigenvalue weighted by atomic mass is 10.3. The number of nitrogens with zero attached hydrogens (tertiary/aromatic N) is 2. The van der Waals surface area contributed by atoms with E-state index < -0.39 is 0 Å². The zero-order chi connectivity index (χ0) is 9.97. The third-order valence-electron chi connectivity index (χ3n) is 1.61. The van der Waals surface area contributed by atoms with E-state index in [0.717, 1.165) is 0 Å². The van der Waals surface area contributed by atoms with Gasteiger partial charge in [0.2, 0.25) is 5.56 Å². The molecule has 14 heavy (non-hydrogen) atoms. The summed E-state index contributed by atoms with van der Waals surface area (Å²) in [5, 5.41) is 3.61. The second-order valence-electron chi connectivity index (χ2n) is 2.59. The maximum atomic E-state index is 11.0. The van der Waals surface area contributed by atoms with Crippen LogP contribution in [0, 0.1) is 0 Å². The van der Waals surface area contributed by atoms with Crippen LogP contribution in [0.25, 0.3) is 11.5 Å². The van der Waals surface area contributed by atoms with E-state index in [1.54, 1.807) is 6.07 Å². The molecule has 0 saturated heterocycles. The van der Waals surface area contributed by atoms with Gasteiger partial charge in [-0.1, -0.05) is 5.16 Å². The number of aromatic amines is 1. The highest BCUT2D eigenvalue weighted by molar-refractivity contribution is 6.16. The molecule has 1 N–H and O–H groups in total. The number of hydrogen-bond acceptors (Lipinski definition) is 4. The van der Waals surface area contributed by atoms with Gasteiger partial charge in [-0.15, -0.1) is 11.6 Å². The van der Waals surface area contributed by atoms with Crippen LogP contribution in [-0.2, 0) is 5.88 Å². The Morgan fingerprint density at radius 2 is 2.43 bits per heavy atom. The Morgan fingerprint density at radius 3 is 3.07 bits per heavy atom. The molecule has 0 aliphatic carbocycles. The molecule has 0 fully saturated rings. The fourth-order valence-corrected chi connectivity index (χ4v) is 1.11. The van der Waals surface area contributed by atoms with Crippen molar-refractivity contribution in [3.05, 3.63) is 34.5 Å². The van der Waals surface area contributed by atoms with E-state index in [4.69, 9.17) is 16.1 Å². The molecular weight excluding hydrogens is 206 g/mol. The summed E-state index contributed by atoms with van der Waals surface area (Å²) >= 11 is 5.51. The molecule has 0 radical (unpaired) electrons. The molecule has 2 aromatic heterocycles. The van der Waals surface area contributed by atoms with Crippen LogP contribution in [0.1, 0.15) is 5.82 Å². The van der Waals surface area contributed by atoms with Gasteiger partial charge in [-0.25, -0.2) is 0 Å². The summed E-state index contributed by atoms with van der Waals surface area (Å²) in [6.45, 7) is 0. The van der Waals surface area contributed by atoms with E-state index >= 15 is 0 Å². The Morgan fingerprint density at radius 1 is 1.57 bits per heavy atom. The molecule has 5 nitrogen and oxygen atoms in total. The molecule has 0 spiro atoms. The Hall–Kier alpha value is -1.62. The van der Waals surface area contributed by atoms with Crippen LogP contribution < -0.4 is 5.56 Å². The molecule has 0 aliphatic heterocycles. The van der Waals surface area contributed by atoms with E-state index in [9.17, 15) is 4.79 Å². The first-order chi connectivity index (χ1) is 6.79. The van der Waals surface area contributed by atoms with E-state index in [0.29, 0.717) is 17.3 Å². The minimum atomic E-state index is -0.215. The van der Waals surface area contributed by atoms with Gasteiger partial charge in [0.05, 0.1) is 5.88 Å². The van der Waals surface area contributed by atoms with E-state index in [1.165, 1.54) is 12.3 Å². The molecule has 0 unspecified atom stereocenters. The SMILES string of the molecule is O=c1cc(-c2nc(CCl)no2)cc[nH]1. The van der Waals surface area contributed by atoms with Gasteiger partial charge in [-0.05, 0) is 6.07 Å². The summed E-state index contributed by atoms with van der Waals surface area (Å²) in [5.41, 5.74) is 0.366. The molecule has 0 saturated carbocycles. The molecule has 2 heterocycles. The average molecular weight is 212 g/mol. The van der Waals surface area contributed by atoms with Gasteiger partial charge in [0.1, 0.15) is 0 Å². The fourth-order valence-electron chi connectivity index (χ4n) is 1.00. The van der Waals surface area contributed by atoms with Crippen LogP contribution >= 0.6 is 11.6 Å². The van der Waals surface area contributed by atoms with Crippen molar-refractivity contribution in [3.8, 4) is 11.5 Å². The van der Waals surface area contributed by atoms with Crippen molar-refractivity contribution in [2.45, 2.75) is 5.88 Å². The highest BCUT2D eigenvalue weighted by Gasteiger charge is 2.07. The maximum Gasteiger partial charge on any atom is 0.258 e. The van der Waals surface area contributed by atoms with Crippen molar-refractivity contribution < 1.29 is 4.52 Å². The second kappa shape index (κ2) is 3.63. The van der Waals surface area contributed by atoms with E-state index in [-0.39, 0.29) is 11.4 Å². The lowest BCUT2D eigenvalue weighted by molar-refractivity contribution is 0.425. The Kier molecular flexibility index (Phi) is 2.32. The summed E-state index contributed by atoms with van der Waals surface area (Å²) in [6.07, 6.45) is 1.52. The summed E-state index contributed by atoms with van der Waals surface area (Å²) < 4.78 is 4.90. The minimum Gasteiger partial charge on any atom is -0.334 e. The Balaban J connectivity index is 2.44. The zero-order valence-electron chi connectivity index (χ0n) is 7.03. The minimum absolute atomic E-state index is 0.187. The monoisotopic (exact) mass is 211 g/mol. The number of pyridine rings is 1. The lowest BCUT2D eigenvalue weighted by Gasteiger charge is -1.89. The number of alkyl halides is 1. The van der Waals surface area contributed by atoms with Gasteiger partial charge in [0.25, 0.3) is 5.89 Å². The maximum absolute atomic E-state index is 11.0. The van der Waals surface area contributed by atoms with Crippen LogP contribution in [0.15, 0.2) is 27.6 Å². The van der Waals surface area contributed by atoms with Crippen LogP contribution in [0.4, 0.5) is 0 Å². The van der Waals surface area contributed by atoms with E-state index in [1.807, 2.05) is 0 Å².